The fraction of sp³-hybridized carbons (Fsp3) is 0.458. The molecule has 0 N–H and O–H groups in total. The summed E-state index contributed by atoms with van der Waals surface area (Å²) in [6.07, 6.45) is 4.04. The number of para-hydroxylation sites is 1. The summed E-state index contributed by atoms with van der Waals surface area (Å²) >= 11 is 0. The summed E-state index contributed by atoms with van der Waals surface area (Å²) in [4.78, 5) is 24.7. The molecular weight excluding hydrogens is 376 g/mol. The quantitative estimate of drug-likeness (QED) is 0.647. The third-order valence-corrected chi connectivity index (χ3v) is 6.32. The number of hydrogen-bond acceptors (Lipinski definition) is 5. The van der Waals surface area contributed by atoms with Gasteiger partial charge in [0.2, 0.25) is 0 Å². The number of pyridine rings is 1. The zero-order valence-electron chi connectivity index (χ0n) is 18.3. The molecule has 0 aliphatic carbocycles. The number of fused-ring (bicyclic) bond motifs is 1. The lowest BCUT2D eigenvalue weighted by Gasteiger charge is -2.32. The lowest BCUT2D eigenvalue weighted by Crippen LogP contribution is -2.37. The smallest absolute Gasteiger partial charge is 0.261 e. The number of methoxy groups -OCH3 is 1. The van der Waals surface area contributed by atoms with Gasteiger partial charge in [-0.1, -0.05) is 12.1 Å². The van der Waals surface area contributed by atoms with Crippen molar-refractivity contribution in [2.75, 3.05) is 20.2 Å². The number of nitrogens with zero attached hydrogens (tertiary/aromatic N) is 4. The van der Waals surface area contributed by atoms with E-state index in [0.29, 0.717) is 11.3 Å². The van der Waals surface area contributed by atoms with E-state index in [1.165, 1.54) is 0 Å². The van der Waals surface area contributed by atoms with Gasteiger partial charge in [0.1, 0.15) is 11.6 Å². The van der Waals surface area contributed by atoms with E-state index < -0.39 is 0 Å². The minimum absolute atomic E-state index is 0.0760. The third kappa shape index (κ3) is 3.97. The van der Waals surface area contributed by atoms with Crippen molar-refractivity contribution < 1.29 is 4.74 Å². The predicted molar refractivity (Wildman–Crippen MR) is 119 cm³/mol. The van der Waals surface area contributed by atoms with Gasteiger partial charge in [0.25, 0.3) is 5.56 Å². The molecular formula is C24H30N4O2. The summed E-state index contributed by atoms with van der Waals surface area (Å²) in [5.74, 6) is 2.23. The van der Waals surface area contributed by atoms with Crippen molar-refractivity contribution in [3.8, 4) is 5.75 Å². The van der Waals surface area contributed by atoms with Crippen LogP contribution < -0.4 is 10.3 Å². The van der Waals surface area contributed by atoms with Crippen LogP contribution in [0.25, 0.3) is 10.9 Å². The highest BCUT2D eigenvalue weighted by molar-refractivity contribution is 5.77. The second kappa shape index (κ2) is 8.56. The zero-order chi connectivity index (χ0) is 21.3. The van der Waals surface area contributed by atoms with Crippen molar-refractivity contribution >= 4 is 10.9 Å². The molecule has 4 rings (SSSR count). The van der Waals surface area contributed by atoms with Crippen LogP contribution in [0.4, 0.5) is 0 Å². The maximum Gasteiger partial charge on any atom is 0.261 e. The number of ether oxygens (including phenoxy) is 1. The van der Waals surface area contributed by atoms with Crippen LogP contribution in [0.15, 0.2) is 35.3 Å². The molecule has 1 aliphatic rings. The maximum absolute atomic E-state index is 12.9. The summed E-state index contributed by atoms with van der Waals surface area (Å²) in [5, 5.41) is 0.704. The molecule has 0 bridgehead atoms. The first-order chi connectivity index (χ1) is 14.5. The number of aryl methyl sites for hydroxylation is 2. The fourth-order valence-electron chi connectivity index (χ4n) is 4.52. The molecule has 3 aromatic rings. The lowest BCUT2D eigenvalue weighted by molar-refractivity contribution is 0.164. The monoisotopic (exact) mass is 406 g/mol. The number of aromatic nitrogens is 3. The maximum atomic E-state index is 12.9. The highest BCUT2D eigenvalue weighted by Crippen LogP contribution is 2.26. The number of hydrogen-bond donors (Lipinski definition) is 0. The van der Waals surface area contributed by atoms with Crippen LogP contribution >= 0.6 is 0 Å². The van der Waals surface area contributed by atoms with Crippen molar-refractivity contribution in [2.45, 2.75) is 46.7 Å². The second-order valence-corrected chi connectivity index (χ2v) is 8.36. The average molecular weight is 407 g/mol. The van der Waals surface area contributed by atoms with Gasteiger partial charge in [0, 0.05) is 30.4 Å². The molecule has 1 aliphatic heterocycles. The Morgan fingerprint density at radius 1 is 1.13 bits per heavy atom. The predicted octanol–water partition coefficient (Wildman–Crippen LogP) is 3.64. The Morgan fingerprint density at radius 2 is 1.87 bits per heavy atom. The molecule has 6 nitrogen and oxygen atoms in total. The molecule has 2 aromatic heterocycles. The van der Waals surface area contributed by atoms with Crippen molar-refractivity contribution in [3.05, 3.63) is 63.5 Å². The van der Waals surface area contributed by atoms with Gasteiger partial charge in [0.05, 0.1) is 23.7 Å². The van der Waals surface area contributed by atoms with Crippen LogP contribution in [-0.2, 0) is 13.1 Å². The van der Waals surface area contributed by atoms with E-state index in [2.05, 4.69) is 21.8 Å². The van der Waals surface area contributed by atoms with Crippen LogP contribution in [0.3, 0.4) is 0 Å². The molecule has 0 radical (unpaired) electrons. The average Bonchev–Trinajstić information content (AvgIpc) is 2.75. The van der Waals surface area contributed by atoms with Gasteiger partial charge in [-0.2, -0.15) is 0 Å². The lowest BCUT2D eigenvalue weighted by atomic mass is 9.96. The van der Waals surface area contributed by atoms with Crippen molar-refractivity contribution in [3.63, 3.8) is 0 Å². The third-order valence-electron chi connectivity index (χ3n) is 6.32. The molecule has 0 spiro atoms. The van der Waals surface area contributed by atoms with Crippen molar-refractivity contribution in [1.29, 1.82) is 0 Å². The Bertz CT molecular complexity index is 1110. The van der Waals surface area contributed by atoms with Gasteiger partial charge in [-0.15, -0.1) is 0 Å². The molecule has 1 saturated heterocycles. The normalized spacial score (nSPS) is 15.6. The van der Waals surface area contributed by atoms with Gasteiger partial charge in [-0.3, -0.25) is 19.2 Å². The van der Waals surface area contributed by atoms with Crippen LogP contribution in [0, 0.1) is 26.7 Å². The van der Waals surface area contributed by atoms with Gasteiger partial charge < -0.3 is 4.74 Å². The minimum atomic E-state index is 0.0760. The number of likely N-dealkylation sites (tertiary alicyclic amines) is 1. The molecule has 0 amide bonds. The topological polar surface area (TPSA) is 60.2 Å². The van der Waals surface area contributed by atoms with Crippen molar-refractivity contribution in [1.82, 2.24) is 19.4 Å². The van der Waals surface area contributed by atoms with Gasteiger partial charge in [0.15, 0.2) is 0 Å². The summed E-state index contributed by atoms with van der Waals surface area (Å²) in [7, 11) is 1.72. The van der Waals surface area contributed by atoms with E-state index in [4.69, 9.17) is 4.74 Å². The van der Waals surface area contributed by atoms with E-state index in [1.807, 2.05) is 48.9 Å². The largest absolute Gasteiger partial charge is 0.496 e. The van der Waals surface area contributed by atoms with Crippen LogP contribution in [-0.4, -0.2) is 39.6 Å². The van der Waals surface area contributed by atoms with E-state index in [0.717, 1.165) is 72.9 Å². The SMILES string of the molecule is COc1c(C)cnc(CN2CCC(Cn3c(C)nc4ccccc4c3=O)CC2)c1C. The fourth-order valence-corrected chi connectivity index (χ4v) is 4.52. The first kappa shape index (κ1) is 20.5. The molecule has 0 atom stereocenters. The van der Waals surface area contributed by atoms with Crippen LogP contribution in [0.2, 0.25) is 0 Å². The zero-order valence-corrected chi connectivity index (χ0v) is 18.3. The highest BCUT2D eigenvalue weighted by Gasteiger charge is 2.22. The number of benzene rings is 1. The molecule has 0 unspecified atom stereocenters. The van der Waals surface area contributed by atoms with Crippen LogP contribution in [0.5, 0.6) is 5.75 Å². The molecule has 3 heterocycles. The number of rotatable bonds is 5. The molecule has 1 aromatic carbocycles. The van der Waals surface area contributed by atoms with Gasteiger partial charge in [-0.25, -0.2) is 4.98 Å². The summed E-state index contributed by atoms with van der Waals surface area (Å²) in [5.41, 5.74) is 4.14. The summed E-state index contributed by atoms with van der Waals surface area (Å²) < 4.78 is 7.41. The Morgan fingerprint density at radius 3 is 2.60 bits per heavy atom. The standard InChI is InChI=1S/C24H30N4O2/c1-16-13-25-22(17(2)23(16)30-4)15-27-11-9-19(10-12-27)14-28-18(3)26-21-8-6-5-7-20(21)24(28)29/h5-8,13,19H,9-12,14-15H2,1-4H3. The molecule has 30 heavy (non-hydrogen) atoms. The van der Waals surface area contributed by atoms with Crippen LogP contribution in [0.1, 0.15) is 35.5 Å². The van der Waals surface area contributed by atoms with Crippen molar-refractivity contribution in [2.24, 2.45) is 5.92 Å². The molecule has 0 saturated carbocycles. The van der Waals surface area contributed by atoms with Gasteiger partial charge >= 0.3 is 0 Å². The minimum Gasteiger partial charge on any atom is -0.496 e. The van der Waals surface area contributed by atoms with E-state index in [1.54, 1.807) is 7.11 Å². The Kier molecular flexibility index (Phi) is 5.86. The molecule has 6 heteroatoms. The second-order valence-electron chi connectivity index (χ2n) is 8.36. The Labute approximate surface area is 177 Å². The van der Waals surface area contributed by atoms with Gasteiger partial charge in [-0.05, 0) is 64.8 Å². The number of piperidine rings is 1. The van der Waals surface area contributed by atoms with E-state index in [9.17, 15) is 4.79 Å². The molecule has 1 fully saturated rings. The molecule has 158 valence electrons. The Balaban J connectivity index is 1.42. The van der Waals surface area contributed by atoms with E-state index in [-0.39, 0.29) is 5.56 Å². The summed E-state index contributed by atoms with van der Waals surface area (Å²) in [6, 6.07) is 7.60. The first-order valence-corrected chi connectivity index (χ1v) is 10.7. The first-order valence-electron chi connectivity index (χ1n) is 10.7. The van der Waals surface area contributed by atoms with E-state index >= 15 is 0 Å². The Hall–Kier alpha value is -2.73. The summed E-state index contributed by atoms with van der Waals surface area (Å²) in [6.45, 7) is 9.65. The highest BCUT2D eigenvalue weighted by atomic mass is 16.5.